The summed E-state index contributed by atoms with van der Waals surface area (Å²) in [6, 6.07) is 0. The molecule has 0 unspecified atom stereocenters. The number of rotatable bonds is 6. The third-order valence-corrected chi connectivity index (χ3v) is 2.54. The first-order chi connectivity index (χ1) is 7.16. The zero-order valence-corrected chi connectivity index (χ0v) is 9.63. The van der Waals surface area contributed by atoms with E-state index in [4.69, 9.17) is 17.3 Å². The van der Waals surface area contributed by atoms with E-state index in [1.54, 1.807) is 7.05 Å². The first-order valence-corrected chi connectivity index (χ1v) is 5.45. The molecule has 1 aromatic rings. The van der Waals surface area contributed by atoms with Gasteiger partial charge in [0.1, 0.15) is 5.69 Å². The van der Waals surface area contributed by atoms with Crippen molar-refractivity contribution in [3.05, 3.63) is 16.9 Å². The average Bonchev–Trinajstić information content (AvgIpc) is 2.53. The highest BCUT2D eigenvalue weighted by molar-refractivity contribution is 6.33. The molecule has 2 N–H and O–H groups in total. The van der Waals surface area contributed by atoms with Crippen molar-refractivity contribution >= 4 is 17.4 Å². The van der Waals surface area contributed by atoms with Crippen LogP contribution in [0.2, 0.25) is 5.02 Å². The number of nitrogens with zero attached hydrogens (tertiary/aromatic N) is 2. The van der Waals surface area contributed by atoms with E-state index in [-0.39, 0.29) is 5.78 Å². The molecule has 0 saturated carbocycles. The molecule has 0 fully saturated rings. The van der Waals surface area contributed by atoms with Gasteiger partial charge in [-0.3, -0.25) is 9.48 Å². The normalized spacial score (nSPS) is 10.6. The van der Waals surface area contributed by atoms with Crippen molar-refractivity contribution in [1.82, 2.24) is 9.78 Å². The van der Waals surface area contributed by atoms with Crippen molar-refractivity contribution in [1.29, 1.82) is 0 Å². The third-order valence-electron chi connectivity index (χ3n) is 2.27. The summed E-state index contributed by atoms with van der Waals surface area (Å²) in [5.74, 6) is 0.0528. The van der Waals surface area contributed by atoms with Crippen LogP contribution in [0.25, 0.3) is 0 Å². The highest BCUT2D eigenvalue weighted by atomic mass is 35.5. The van der Waals surface area contributed by atoms with E-state index >= 15 is 0 Å². The number of carbonyl (C=O) groups is 1. The lowest BCUT2D eigenvalue weighted by atomic mass is 10.1. The van der Waals surface area contributed by atoms with Gasteiger partial charge >= 0.3 is 0 Å². The summed E-state index contributed by atoms with van der Waals surface area (Å²) in [4.78, 5) is 11.7. The van der Waals surface area contributed by atoms with Gasteiger partial charge in [-0.15, -0.1) is 0 Å². The average molecular weight is 230 g/mol. The topological polar surface area (TPSA) is 60.9 Å². The Morgan fingerprint density at radius 2 is 2.27 bits per heavy atom. The molecule has 0 aromatic carbocycles. The van der Waals surface area contributed by atoms with Crippen molar-refractivity contribution < 1.29 is 4.79 Å². The van der Waals surface area contributed by atoms with Gasteiger partial charge in [0, 0.05) is 13.5 Å². The molecule has 0 aliphatic heterocycles. The smallest absolute Gasteiger partial charge is 0.182 e. The van der Waals surface area contributed by atoms with Gasteiger partial charge < -0.3 is 5.73 Å². The van der Waals surface area contributed by atoms with E-state index in [1.807, 2.05) is 0 Å². The minimum absolute atomic E-state index is 0.0528. The molecule has 5 heteroatoms. The number of hydrogen-bond donors (Lipinski definition) is 1. The van der Waals surface area contributed by atoms with E-state index in [0.29, 0.717) is 23.7 Å². The zero-order valence-electron chi connectivity index (χ0n) is 8.87. The number of unbranched alkanes of at least 4 members (excludes halogenated alkanes) is 2. The molecule has 1 aromatic heterocycles. The molecule has 0 spiro atoms. The Balaban J connectivity index is 2.47. The molecular formula is C10H16ClN3O. The van der Waals surface area contributed by atoms with Crippen LogP contribution in [0.4, 0.5) is 0 Å². The van der Waals surface area contributed by atoms with Crippen molar-refractivity contribution in [2.45, 2.75) is 25.7 Å². The van der Waals surface area contributed by atoms with E-state index in [0.717, 1.165) is 19.3 Å². The first-order valence-electron chi connectivity index (χ1n) is 5.07. The van der Waals surface area contributed by atoms with E-state index in [1.165, 1.54) is 10.9 Å². The fraction of sp³-hybridized carbons (Fsp3) is 0.600. The number of aryl methyl sites for hydroxylation is 1. The van der Waals surface area contributed by atoms with Crippen LogP contribution in [0.15, 0.2) is 6.20 Å². The molecule has 1 heterocycles. The molecule has 4 nitrogen and oxygen atoms in total. The Labute approximate surface area is 94.4 Å². The SMILES string of the molecule is Cn1ncc(Cl)c1C(=O)CCCCCN. The van der Waals surface area contributed by atoms with E-state index in [9.17, 15) is 4.79 Å². The van der Waals surface area contributed by atoms with Gasteiger partial charge in [0.05, 0.1) is 11.2 Å². The van der Waals surface area contributed by atoms with Gasteiger partial charge in [-0.2, -0.15) is 5.10 Å². The molecule has 0 aliphatic carbocycles. The molecule has 84 valence electrons. The van der Waals surface area contributed by atoms with E-state index in [2.05, 4.69) is 5.10 Å². The number of nitrogens with two attached hydrogens (primary N) is 1. The van der Waals surface area contributed by atoms with Crippen molar-refractivity contribution in [3.8, 4) is 0 Å². The minimum Gasteiger partial charge on any atom is -0.330 e. The predicted molar refractivity (Wildman–Crippen MR) is 60.1 cm³/mol. The Kier molecular flexibility index (Phi) is 4.78. The summed E-state index contributed by atoms with van der Waals surface area (Å²) < 4.78 is 1.52. The lowest BCUT2D eigenvalue weighted by Crippen LogP contribution is -2.07. The Bertz CT molecular complexity index is 316. The maximum atomic E-state index is 11.7. The molecular weight excluding hydrogens is 214 g/mol. The lowest BCUT2D eigenvalue weighted by Gasteiger charge is -2.02. The quantitative estimate of drug-likeness (QED) is 0.598. The number of Topliss-reactive ketones (excluding diaryl/α,β-unsaturated/α-hetero) is 1. The van der Waals surface area contributed by atoms with Gasteiger partial charge in [-0.05, 0) is 19.4 Å². The lowest BCUT2D eigenvalue weighted by molar-refractivity contribution is 0.0970. The van der Waals surface area contributed by atoms with Crippen molar-refractivity contribution in [2.75, 3.05) is 6.54 Å². The van der Waals surface area contributed by atoms with Crippen LogP contribution in [0.1, 0.15) is 36.2 Å². The number of hydrogen-bond acceptors (Lipinski definition) is 3. The number of aromatic nitrogens is 2. The summed E-state index contributed by atoms with van der Waals surface area (Å²) >= 11 is 5.86. The Morgan fingerprint density at radius 3 is 2.80 bits per heavy atom. The number of ketones is 1. The van der Waals surface area contributed by atoms with Crippen LogP contribution < -0.4 is 5.73 Å². The summed E-state index contributed by atoms with van der Waals surface area (Å²) in [5, 5.41) is 4.36. The second kappa shape index (κ2) is 5.88. The molecule has 1 rings (SSSR count). The Morgan fingerprint density at radius 1 is 1.53 bits per heavy atom. The molecule has 0 amide bonds. The summed E-state index contributed by atoms with van der Waals surface area (Å²) in [7, 11) is 1.72. The van der Waals surface area contributed by atoms with Gasteiger partial charge in [0.15, 0.2) is 5.78 Å². The predicted octanol–water partition coefficient (Wildman–Crippen LogP) is 1.78. The fourth-order valence-corrected chi connectivity index (χ4v) is 1.72. The largest absolute Gasteiger partial charge is 0.330 e. The van der Waals surface area contributed by atoms with Gasteiger partial charge in [-0.1, -0.05) is 18.0 Å². The monoisotopic (exact) mass is 229 g/mol. The molecule has 0 aliphatic rings. The molecule has 15 heavy (non-hydrogen) atoms. The van der Waals surface area contributed by atoms with Gasteiger partial charge in [0.25, 0.3) is 0 Å². The highest BCUT2D eigenvalue weighted by Crippen LogP contribution is 2.17. The summed E-state index contributed by atoms with van der Waals surface area (Å²) in [5.41, 5.74) is 5.87. The van der Waals surface area contributed by atoms with Crippen LogP contribution in [-0.4, -0.2) is 22.1 Å². The van der Waals surface area contributed by atoms with Crippen molar-refractivity contribution in [2.24, 2.45) is 12.8 Å². The van der Waals surface area contributed by atoms with Crippen LogP contribution in [0.3, 0.4) is 0 Å². The zero-order chi connectivity index (χ0) is 11.3. The molecule has 0 atom stereocenters. The maximum absolute atomic E-state index is 11.7. The third kappa shape index (κ3) is 3.32. The van der Waals surface area contributed by atoms with Crippen LogP contribution in [0.5, 0.6) is 0 Å². The van der Waals surface area contributed by atoms with Crippen LogP contribution >= 0.6 is 11.6 Å². The van der Waals surface area contributed by atoms with Gasteiger partial charge in [-0.25, -0.2) is 0 Å². The first kappa shape index (κ1) is 12.2. The Hall–Kier alpha value is -0.870. The second-order valence-corrected chi connectivity index (χ2v) is 3.89. The maximum Gasteiger partial charge on any atom is 0.182 e. The fourth-order valence-electron chi connectivity index (χ4n) is 1.45. The van der Waals surface area contributed by atoms with Crippen LogP contribution in [0, 0.1) is 0 Å². The summed E-state index contributed by atoms with van der Waals surface area (Å²) in [6.07, 6.45) is 4.82. The highest BCUT2D eigenvalue weighted by Gasteiger charge is 2.14. The standard InChI is InChI=1S/C10H16ClN3O/c1-14-10(8(11)7-13-14)9(15)5-3-2-4-6-12/h7H,2-6,12H2,1H3. The number of halogens is 1. The second-order valence-electron chi connectivity index (χ2n) is 3.49. The van der Waals surface area contributed by atoms with Crippen molar-refractivity contribution in [3.63, 3.8) is 0 Å². The summed E-state index contributed by atoms with van der Waals surface area (Å²) in [6.45, 7) is 0.681. The van der Waals surface area contributed by atoms with Gasteiger partial charge in [0.2, 0.25) is 0 Å². The number of carbonyl (C=O) groups excluding carboxylic acids is 1. The molecule has 0 bridgehead atoms. The molecule has 0 radical (unpaired) electrons. The van der Waals surface area contributed by atoms with Crippen LogP contribution in [-0.2, 0) is 7.05 Å². The minimum atomic E-state index is 0.0528. The van der Waals surface area contributed by atoms with E-state index < -0.39 is 0 Å². The molecule has 0 saturated heterocycles.